The molecule has 0 aliphatic carbocycles. The highest BCUT2D eigenvalue weighted by molar-refractivity contribution is 7.91. The van der Waals surface area contributed by atoms with Gasteiger partial charge in [0.2, 0.25) is 0 Å². The first-order valence-corrected chi connectivity index (χ1v) is 8.71. The van der Waals surface area contributed by atoms with E-state index in [2.05, 4.69) is 18.6 Å². The van der Waals surface area contributed by atoms with E-state index < -0.39 is 15.6 Å². The molecule has 0 aliphatic rings. The molecule has 1 heterocycles. The molecule has 0 aliphatic heterocycles. The van der Waals surface area contributed by atoms with E-state index in [1.807, 2.05) is 26.8 Å². The predicted octanol–water partition coefficient (Wildman–Crippen LogP) is 2.83. The van der Waals surface area contributed by atoms with Crippen LogP contribution in [0.5, 0.6) is 0 Å². The topological polar surface area (TPSA) is 72.2 Å². The fourth-order valence-electron chi connectivity index (χ4n) is 2.33. The summed E-state index contributed by atoms with van der Waals surface area (Å²) in [5.74, 6) is 0.377. The number of hydrogen-bond acceptors (Lipinski definition) is 4. The molecule has 1 aromatic rings. The van der Waals surface area contributed by atoms with E-state index in [1.54, 1.807) is 0 Å². The summed E-state index contributed by atoms with van der Waals surface area (Å²) >= 11 is 1.30. The summed E-state index contributed by atoms with van der Waals surface area (Å²) in [6.07, 6.45) is 0.714. The maximum atomic E-state index is 12.5. The van der Waals surface area contributed by atoms with E-state index in [9.17, 15) is 8.42 Å². The first-order valence-electron chi connectivity index (χ1n) is 6.41. The Kier molecular flexibility index (Phi) is 7.17. The lowest BCUT2D eigenvalue weighted by Crippen LogP contribution is -2.51. The molecule has 0 aromatic carbocycles. The minimum Gasteiger partial charge on any atom is -0.329 e. The number of rotatable bonds is 6. The van der Waals surface area contributed by atoms with Gasteiger partial charge >= 0.3 is 0 Å². The Balaban J connectivity index is 0.00000361. The first-order chi connectivity index (χ1) is 8.59. The van der Waals surface area contributed by atoms with Gasteiger partial charge in [0.1, 0.15) is 4.21 Å². The second kappa shape index (κ2) is 7.22. The zero-order valence-corrected chi connectivity index (χ0v) is 15.1. The van der Waals surface area contributed by atoms with Crippen LogP contribution in [0.15, 0.2) is 10.3 Å². The van der Waals surface area contributed by atoms with Gasteiger partial charge < -0.3 is 5.73 Å². The molecule has 7 heteroatoms. The zero-order chi connectivity index (χ0) is 14.8. The molecule has 1 rings (SSSR count). The number of hydrogen-bond donors (Lipinski definition) is 2. The average molecular weight is 341 g/mol. The van der Waals surface area contributed by atoms with Gasteiger partial charge in [-0.3, -0.25) is 0 Å². The summed E-state index contributed by atoms with van der Waals surface area (Å²) in [5.41, 5.74) is 5.95. The van der Waals surface area contributed by atoms with Crippen LogP contribution >= 0.6 is 23.7 Å². The quantitative estimate of drug-likeness (QED) is 0.836. The fourth-order valence-corrected chi connectivity index (χ4v) is 5.42. The van der Waals surface area contributed by atoms with Gasteiger partial charge in [0.05, 0.1) is 0 Å². The summed E-state index contributed by atoms with van der Waals surface area (Å²) in [4.78, 5) is 0.996. The van der Waals surface area contributed by atoms with E-state index in [0.717, 1.165) is 10.4 Å². The minimum atomic E-state index is -3.50. The van der Waals surface area contributed by atoms with Crippen molar-refractivity contribution in [3.8, 4) is 0 Å². The summed E-state index contributed by atoms with van der Waals surface area (Å²) in [5, 5.41) is 0. The summed E-state index contributed by atoms with van der Waals surface area (Å²) in [6.45, 7) is 9.99. The smallest absolute Gasteiger partial charge is 0.250 e. The van der Waals surface area contributed by atoms with Gasteiger partial charge in [0.25, 0.3) is 10.0 Å². The van der Waals surface area contributed by atoms with Crippen molar-refractivity contribution in [2.45, 2.75) is 50.8 Å². The van der Waals surface area contributed by atoms with Crippen LogP contribution < -0.4 is 10.5 Å². The van der Waals surface area contributed by atoms with Crippen LogP contribution in [0.25, 0.3) is 0 Å². The van der Waals surface area contributed by atoms with Crippen molar-refractivity contribution in [1.82, 2.24) is 4.72 Å². The second-order valence-electron chi connectivity index (χ2n) is 5.80. The molecule has 0 spiro atoms. The molecule has 1 atom stereocenters. The van der Waals surface area contributed by atoms with Crippen molar-refractivity contribution < 1.29 is 8.42 Å². The lowest BCUT2D eigenvalue weighted by molar-refractivity contribution is 0.345. The third-order valence-electron chi connectivity index (χ3n) is 2.93. The molecular formula is C13H25ClN2O2S2. The number of thiophene rings is 1. The van der Waals surface area contributed by atoms with Gasteiger partial charge in [-0.1, -0.05) is 13.8 Å². The van der Waals surface area contributed by atoms with Crippen LogP contribution in [-0.2, 0) is 10.0 Å². The number of halogens is 1. The lowest BCUT2D eigenvalue weighted by atomic mass is 9.92. The highest BCUT2D eigenvalue weighted by Crippen LogP contribution is 2.28. The van der Waals surface area contributed by atoms with E-state index in [1.165, 1.54) is 11.3 Å². The molecule has 0 radical (unpaired) electrons. The molecule has 4 nitrogen and oxygen atoms in total. The van der Waals surface area contributed by atoms with Crippen molar-refractivity contribution in [3.63, 3.8) is 0 Å². The highest BCUT2D eigenvalue weighted by atomic mass is 35.5. The van der Waals surface area contributed by atoms with Gasteiger partial charge in [-0.2, -0.15) is 0 Å². The molecule has 20 heavy (non-hydrogen) atoms. The van der Waals surface area contributed by atoms with Crippen molar-refractivity contribution in [3.05, 3.63) is 16.5 Å². The van der Waals surface area contributed by atoms with Gasteiger partial charge in [-0.05, 0) is 44.7 Å². The predicted molar refractivity (Wildman–Crippen MR) is 88.3 cm³/mol. The molecule has 118 valence electrons. The van der Waals surface area contributed by atoms with Gasteiger partial charge in [0.15, 0.2) is 0 Å². The zero-order valence-electron chi connectivity index (χ0n) is 12.7. The third-order valence-corrected chi connectivity index (χ3v) is 6.36. The van der Waals surface area contributed by atoms with Crippen LogP contribution in [0.4, 0.5) is 0 Å². The average Bonchev–Trinajstić information content (AvgIpc) is 2.56. The Morgan fingerprint density at radius 1 is 1.40 bits per heavy atom. The molecule has 0 fully saturated rings. The highest BCUT2D eigenvalue weighted by Gasteiger charge is 2.31. The number of nitrogens with two attached hydrogens (primary N) is 1. The molecule has 1 unspecified atom stereocenters. The van der Waals surface area contributed by atoms with E-state index in [0.29, 0.717) is 16.5 Å². The van der Waals surface area contributed by atoms with Crippen LogP contribution in [0.1, 0.15) is 37.6 Å². The van der Waals surface area contributed by atoms with Crippen LogP contribution in [-0.4, -0.2) is 20.5 Å². The van der Waals surface area contributed by atoms with Crippen molar-refractivity contribution in [2.75, 3.05) is 6.54 Å². The first kappa shape index (κ1) is 19.9. The number of aryl methyl sites for hydroxylation is 2. The van der Waals surface area contributed by atoms with Crippen LogP contribution in [0, 0.1) is 19.8 Å². The number of nitrogens with one attached hydrogen (secondary N) is 1. The van der Waals surface area contributed by atoms with E-state index >= 15 is 0 Å². The van der Waals surface area contributed by atoms with Crippen LogP contribution in [0.3, 0.4) is 0 Å². The second-order valence-corrected chi connectivity index (χ2v) is 8.93. The SMILES string of the molecule is Cc1cc(C)c(S(=O)(=O)NC(C)(CN)CC(C)C)s1.Cl. The monoisotopic (exact) mass is 340 g/mol. The summed E-state index contributed by atoms with van der Waals surface area (Å²) in [6, 6.07) is 1.89. The molecule has 0 bridgehead atoms. The van der Waals surface area contributed by atoms with Crippen molar-refractivity contribution in [2.24, 2.45) is 11.7 Å². The normalized spacial score (nSPS) is 14.9. The van der Waals surface area contributed by atoms with Gasteiger partial charge in [-0.25, -0.2) is 13.1 Å². The molecule has 1 aromatic heterocycles. The molecule has 0 saturated heterocycles. The largest absolute Gasteiger partial charge is 0.329 e. The summed E-state index contributed by atoms with van der Waals surface area (Å²) in [7, 11) is -3.50. The van der Waals surface area contributed by atoms with Crippen LogP contribution in [0.2, 0.25) is 0 Å². The summed E-state index contributed by atoms with van der Waals surface area (Å²) < 4.78 is 28.1. The number of sulfonamides is 1. The maximum Gasteiger partial charge on any atom is 0.250 e. The van der Waals surface area contributed by atoms with Crippen molar-refractivity contribution >= 4 is 33.8 Å². The Morgan fingerprint density at radius 2 is 1.95 bits per heavy atom. The Hall–Kier alpha value is -0.140. The molecular weight excluding hydrogens is 316 g/mol. The van der Waals surface area contributed by atoms with E-state index in [-0.39, 0.29) is 19.0 Å². The fraction of sp³-hybridized carbons (Fsp3) is 0.692. The Bertz CT molecular complexity index is 541. The third kappa shape index (κ3) is 5.00. The van der Waals surface area contributed by atoms with Crippen molar-refractivity contribution in [1.29, 1.82) is 0 Å². The maximum absolute atomic E-state index is 12.5. The lowest BCUT2D eigenvalue weighted by Gasteiger charge is -2.30. The van der Waals surface area contributed by atoms with Gasteiger partial charge in [-0.15, -0.1) is 23.7 Å². The Labute approximate surface area is 132 Å². The standard InChI is InChI=1S/C13H24N2O2S2.ClH/c1-9(2)7-13(5,8-14)15-19(16,17)12-10(3)6-11(4)18-12;/h6,9,15H,7-8,14H2,1-5H3;1H. The minimum absolute atomic E-state index is 0. The molecule has 3 N–H and O–H groups in total. The van der Waals surface area contributed by atoms with E-state index in [4.69, 9.17) is 5.73 Å². The molecule has 0 saturated carbocycles. The van der Waals surface area contributed by atoms with Gasteiger partial charge in [0, 0.05) is 17.0 Å². The molecule has 0 amide bonds. The Morgan fingerprint density at radius 3 is 2.30 bits per heavy atom.